The molecule has 0 N–H and O–H groups in total. The molecule has 0 radical (unpaired) electrons. The summed E-state index contributed by atoms with van der Waals surface area (Å²) in [4.78, 5) is 16.5. The Kier molecular flexibility index (Phi) is 5.45. The van der Waals surface area contributed by atoms with E-state index in [-0.39, 0.29) is 17.7 Å². The van der Waals surface area contributed by atoms with Gasteiger partial charge in [-0.1, -0.05) is 0 Å². The van der Waals surface area contributed by atoms with Crippen molar-refractivity contribution in [3.63, 3.8) is 0 Å². The second-order valence-corrected chi connectivity index (χ2v) is 6.17. The molecule has 0 bridgehead atoms. The fourth-order valence-corrected chi connectivity index (χ4v) is 2.55. The van der Waals surface area contributed by atoms with E-state index in [1.807, 2.05) is 26.0 Å². The summed E-state index contributed by atoms with van der Waals surface area (Å²) in [5.74, 6) is 1.75. The zero-order valence-electron chi connectivity index (χ0n) is 15.7. The van der Waals surface area contributed by atoms with Gasteiger partial charge in [0.1, 0.15) is 17.2 Å². The Labute approximate surface area is 158 Å². The lowest BCUT2D eigenvalue weighted by molar-refractivity contribution is -0.129. The van der Waals surface area contributed by atoms with Crippen LogP contribution in [0.5, 0.6) is 17.2 Å². The topological polar surface area (TPSA) is 66.3 Å². The molecule has 1 aliphatic heterocycles. The third-order valence-corrected chi connectivity index (χ3v) is 3.77. The summed E-state index contributed by atoms with van der Waals surface area (Å²) in [5, 5.41) is 0. The molecular formula is C21H21NO5. The van der Waals surface area contributed by atoms with Crippen molar-refractivity contribution in [2.24, 2.45) is 4.99 Å². The second-order valence-electron chi connectivity index (χ2n) is 6.17. The normalized spacial score (nSPS) is 14.9. The lowest BCUT2D eigenvalue weighted by Crippen LogP contribution is -2.07. The number of cyclic esters (lactones) is 1. The van der Waals surface area contributed by atoms with Crippen molar-refractivity contribution in [3.05, 3.63) is 59.3 Å². The Morgan fingerprint density at radius 1 is 0.963 bits per heavy atom. The van der Waals surface area contributed by atoms with Crippen LogP contribution in [0.1, 0.15) is 25.0 Å². The van der Waals surface area contributed by atoms with E-state index in [0.717, 1.165) is 11.3 Å². The number of hydrogen-bond donors (Lipinski definition) is 0. The van der Waals surface area contributed by atoms with E-state index in [4.69, 9.17) is 18.9 Å². The van der Waals surface area contributed by atoms with Gasteiger partial charge in [-0.25, -0.2) is 9.79 Å². The van der Waals surface area contributed by atoms with Crippen molar-refractivity contribution >= 4 is 17.9 Å². The van der Waals surface area contributed by atoms with E-state index in [9.17, 15) is 4.79 Å². The van der Waals surface area contributed by atoms with Crippen molar-refractivity contribution < 1.29 is 23.7 Å². The molecule has 0 unspecified atom stereocenters. The Balaban J connectivity index is 1.87. The molecule has 0 amide bonds. The first kappa shape index (κ1) is 18.5. The zero-order chi connectivity index (χ0) is 19.4. The monoisotopic (exact) mass is 367 g/mol. The summed E-state index contributed by atoms with van der Waals surface area (Å²) < 4.78 is 21.4. The SMILES string of the molecule is COc1cc(/C=C2\N=C(c3ccc(OC(C)C)cc3)OC2=O)cc(OC)c1. The Morgan fingerprint density at radius 2 is 1.59 bits per heavy atom. The molecule has 6 heteroatoms. The minimum atomic E-state index is -0.505. The average Bonchev–Trinajstić information content (AvgIpc) is 3.02. The van der Waals surface area contributed by atoms with E-state index in [0.29, 0.717) is 17.1 Å². The number of carbonyl (C=O) groups is 1. The predicted molar refractivity (Wildman–Crippen MR) is 102 cm³/mol. The predicted octanol–water partition coefficient (Wildman–Crippen LogP) is 3.84. The van der Waals surface area contributed by atoms with Crippen LogP contribution in [0.2, 0.25) is 0 Å². The first-order valence-electron chi connectivity index (χ1n) is 8.51. The van der Waals surface area contributed by atoms with Crippen LogP contribution in [-0.2, 0) is 9.53 Å². The standard InChI is InChI=1S/C21H21NO5/c1-13(2)26-16-7-5-15(6-8-16)20-22-19(21(23)27-20)11-14-9-17(24-3)12-18(10-14)25-4/h5-13H,1-4H3/b19-11-. The van der Waals surface area contributed by atoms with Crippen molar-refractivity contribution in [3.8, 4) is 17.2 Å². The summed E-state index contributed by atoms with van der Waals surface area (Å²) in [6.45, 7) is 3.92. The summed E-state index contributed by atoms with van der Waals surface area (Å²) >= 11 is 0. The summed E-state index contributed by atoms with van der Waals surface area (Å²) in [5.41, 5.74) is 1.64. The number of methoxy groups -OCH3 is 2. The van der Waals surface area contributed by atoms with Crippen LogP contribution in [0.4, 0.5) is 0 Å². The first-order valence-corrected chi connectivity index (χ1v) is 8.51. The summed E-state index contributed by atoms with van der Waals surface area (Å²) in [6, 6.07) is 12.6. The third kappa shape index (κ3) is 4.47. The molecule has 3 rings (SSSR count). The molecule has 0 saturated heterocycles. The molecule has 0 aliphatic carbocycles. The van der Waals surface area contributed by atoms with Crippen LogP contribution in [0, 0.1) is 0 Å². The van der Waals surface area contributed by atoms with E-state index < -0.39 is 5.97 Å². The number of hydrogen-bond acceptors (Lipinski definition) is 6. The highest BCUT2D eigenvalue weighted by atomic mass is 16.6. The molecule has 0 saturated carbocycles. The number of nitrogens with zero attached hydrogens (tertiary/aromatic N) is 1. The minimum absolute atomic E-state index is 0.0897. The van der Waals surface area contributed by atoms with Crippen molar-refractivity contribution in [1.29, 1.82) is 0 Å². The number of aliphatic imine (C=N–C) groups is 1. The average molecular weight is 367 g/mol. The number of ether oxygens (including phenoxy) is 4. The maximum Gasteiger partial charge on any atom is 0.363 e. The Bertz CT molecular complexity index is 875. The van der Waals surface area contributed by atoms with Gasteiger partial charge in [0.05, 0.1) is 20.3 Å². The van der Waals surface area contributed by atoms with Gasteiger partial charge in [0, 0.05) is 11.6 Å². The number of benzene rings is 2. The van der Waals surface area contributed by atoms with Gasteiger partial charge < -0.3 is 18.9 Å². The van der Waals surface area contributed by atoms with Crippen LogP contribution in [-0.4, -0.2) is 32.2 Å². The van der Waals surface area contributed by atoms with Gasteiger partial charge in [-0.3, -0.25) is 0 Å². The number of carbonyl (C=O) groups excluding carboxylic acids is 1. The van der Waals surface area contributed by atoms with Gasteiger partial charge in [-0.2, -0.15) is 0 Å². The molecule has 0 atom stereocenters. The van der Waals surface area contributed by atoms with E-state index in [1.54, 1.807) is 50.6 Å². The van der Waals surface area contributed by atoms with Crippen LogP contribution in [0.25, 0.3) is 6.08 Å². The van der Waals surface area contributed by atoms with Crippen molar-refractivity contribution in [2.45, 2.75) is 20.0 Å². The molecule has 140 valence electrons. The largest absolute Gasteiger partial charge is 0.497 e. The van der Waals surface area contributed by atoms with Crippen LogP contribution in [0.15, 0.2) is 53.2 Å². The summed E-state index contributed by atoms with van der Waals surface area (Å²) in [6.07, 6.45) is 1.73. The minimum Gasteiger partial charge on any atom is -0.497 e. The fraction of sp³-hybridized carbons (Fsp3) is 0.238. The van der Waals surface area contributed by atoms with Gasteiger partial charge in [0.2, 0.25) is 5.90 Å². The molecule has 2 aromatic carbocycles. The van der Waals surface area contributed by atoms with Crippen LogP contribution in [0.3, 0.4) is 0 Å². The number of rotatable bonds is 6. The molecule has 0 aromatic heterocycles. The molecule has 6 nitrogen and oxygen atoms in total. The van der Waals surface area contributed by atoms with E-state index in [2.05, 4.69) is 4.99 Å². The summed E-state index contributed by atoms with van der Waals surface area (Å²) in [7, 11) is 3.14. The van der Waals surface area contributed by atoms with E-state index in [1.165, 1.54) is 0 Å². The molecule has 0 fully saturated rings. The molecule has 27 heavy (non-hydrogen) atoms. The highest BCUT2D eigenvalue weighted by Crippen LogP contribution is 2.26. The first-order chi connectivity index (χ1) is 13.0. The second kappa shape index (κ2) is 7.95. The fourth-order valence-electron chi connectivity index (χ4n) is 2.55. The van der Waals surface area contributed by atoms with Gasteiger partial charge in [0.25, 0.3) is 0 Å². The van der Waals surface area contributed by atoms with E-state index >= 15 is 0 Å². The zero-order valence-corrected chi connectivity index (χ0v) is 15.7. The lowest BCUT2D eigenvalue weighted by Gasteiger charge is -2.09. The van der Waals surface area contributed by atoms with Gasteiger partial charge in [0.15, 0.2) is 5.70 Å². The molecular weight excluding hydrogens is 346 g/mol. The van der Waals surface area contributed by atoms with Gasteiger partial charge in [-0.15, -0.1) is 0 Å². The molecule has 1 aliphatic rings. The van der Waals surface area contributed by atoms with Gasteiger partial charge >= 0.3 is 5.97 Å². The molecule has 1 heterocycles. The maximum atomic E-state index is 12.2. The molecule has 0 spiro atoms. The smallest absolute Gasteiger partial charge is 0.363 e. The highest BCUT2D eigenvalue weighted by molar-refractivity contribution is 6.12. The van der Waals surface area contributed by atoms with Crippen LogP contribution < -0.4 is 14.2 Å². The highest BCUT2D eigenvalue weighted by Gasteiger charge is 2.24. The quantitative estimate of drug-likeness (QED) is 0.573. The van der Waals surface area contributed by atoms with Gasteiger partial charge in [-0.05, 0) is 61.9 Å². The Hall–Kier alpha value is -3.28. The number of esters is 1. The maximum absolute atomic E-state index is 12.2. The third-order valence-electron chi connectivity index (χ3n) is 3.77. The Morgan fingerprint density at radius 3 is 2.15 bits per heavy atom. The lowest BCUT2D eigenvalue weighted by atomic mass is 10.1. The molecule has 2 aromatic rings. The van der Waals surface area contributed by atoms with Crippen molar-refractivity contribution in [1.82, 2.24) is 0 Å². The van der Waals surface area contributed by atoms with Crippen molar-refractivity contribution in [2.75, 3.05) is 14.2 Å². The van der Waals surface area contributed by atoms with Crippen LogP contribution >= 0.6 is 0 Å².